The zero-order chi connectivity index (χ0) is 58.0. The van der Waals surface area contributed by atoms with E-state index in [9.17, 15) is 0 Å². The molecule has 6 nitrogen and oxygen atoms in total. The van der Waals surface area contributed by atoms with Crippen molar-refractivity contribution in [2.75, 3.05) is 9.80 Å². The topological polar surface area (TPSA) is 38.5 Å². The van der Waals surface area contributed by atoms with E-state index in [0.717, 1.165) is 105 Å². The molecule has 0 fully saturated rings. The molecule has 0 saturated carbocycles. The van der Waals surface area contributed by atoms with E-state index >= 15 is 0 Å². The van der Waals surface area contributed by atoms with Crippen molar-refractivity contribution in [3.63, 3.8) is 0 Å². The Kier molecular flexibility index (Phi) is 12.8. The number of pyridine rings is 1. The fourth-order valence-corrected chi connectivity index (χ4v) is 14.7. The van der Waals surface area contributed by atoms with Crippen molar-refractivity contribution >= 4 is 45.3 Å². The van der Waals surface area contributed by atoms with Crippen molar-refractivity contribution in [1.82, 2.24) is 14.1 Å². The summed E-state index contributed by atoms with van der Waals surface area (Å²) in [6, 6.07) is 111. The van der Waals surface area contributed by atoms with Gasteiger partial charge in [0.05, 0.1) is 11.4 Å². The van der Waals surface area contributed by atoms with Crippen molar-refractivity contribution in [3.8, 4) is 67.4 Å². The van der Waals surface area contributed by atoms with Gasteiger partial charge in [-0.25, -0.2) is 0 Å². The van der Waals surface area contributed by atoms with Gasteiger partial charge in [-0.2, -0.15) is 0 Å². The number of hydrogen-bond donors (Lipinski definition) is 0. The van der Waals surface area contributed by atoms with Gasteiger partial charge < -0.3 is 4.90 Å². The molecule has 0 bridgehead atoms. The van der Waals surface area contributed by atoms with Crippen molar-refractivity contribution < 1.29 is 24.1 Å². The number of hydrogen-bond acceptors (Lipinski definition) is 4. The van der Waals surface area contributed by atoms with E-state index in [1.807, 2.05) is 6.20 Å². The van der Waals surface area contributed by atoms with Crippen LogP contribution in [0.1, 0.15) is 27.8 Å². The second-order valence-electron chi connectivity index (χ2n) is 22.2. The van der Waals surface area contributed by atoms with Gasteiger partial charge in [-0.05, 0) is 53.4 Å². The van der Waals surface area contributed by atoms with Crippen LogP contribution in [0, 0.1) is 10.7 Å². The molecule has 14 aromatic rings. The van der Waals surface area contributed by atoms with Gasteiger partial charge in [0.2, 0.25) is 0 Å². The van der Waals surface area contributed by atoms with E-state index in [0.29, 0.717) is 11.5 Å². The molecule has 4 heterocycles. The van der Waals surface area contributed by atoms with E-state index in [1.165, 1.54) is 27.8 Å². The Labute approximate surface area is 516 Å². The molecule has 0 amide bonds. The van der Waals surface area contributed by atoms with Gasteiger partial charge in [0.25, 0.3) is 0 Å². The van der Waals surface area contributed by atoms with Gasteiger partial charge in [-0.1, -0.05) is 127 Å². The molecule has 0 atom stereocenters. The Hall–Kier alpha value is -10.7. The second kappa shape index (κ2) is 21.4. The predicted octanol–water partition coefficient (Wildman–Crippen LogP) is 20.6. The first-order valence-electron chi connectivity index (χ1n) is 29.4. The molecule has 0 N–H and O–H groups in total. The van der Waals surface area contributed by atoms with Gasteiger partial charge in [-0.15, -0.1) is 0 Å². The van der Waals surface area contributed by atoms with Gasteiger partial charge >= 0.3 is 306 Å². The van der Waals surface area contributed by atoms with Gasteiger partial charge in [0.15, 0.2) is 0 Å². The van der Waals surface area contributed by atoms with Gasteiger partial charge in [-0.3, -0.25) is 0 Å². The van der Waals surface area contributed by atoms with Crippen LogP contribution in [0.15, 0.2) is 316 Å². The molecule has 16 rings (SSSR count). The molecule has 0 saturated heterocycles. The molecule has 0 aliphatic carbocycles. The monoisotopic (exact) mass is 1300 g/mol. The van der Waals surface area contributed by atoms with Crippen LogP contribution in [0.3, 0.4) is 0 Å². The number of ether oxygens (including phenoxy) is 1. The van der Waals surface area contributed by atoms with Crippen LogP contribution in [-0.2, 0) is 24.8 Å². The zero-order valence-electron chi connectivity index (χ0n) is 47.5. The average molecular weight is 1300 g/mol. The number of imidazole rings is 1. The molecule has 87 heavy (non-hydrogen) atoms. The normalized spacial score (nSPS) is 12.8. The van der Waals surface area contributed by atoms with Crippen molar-refractivity contribution in [3.05, 3.63) is 347 Å². The molecule has 416 valence electrons. The maximum atomic E-state index is 7.23. The summed E-state index contributed by atoms with van der Waals surface area (Å²) >= 11 is 2.52. The Morgan fingerprint density at radius 3 is 1.39 bits per heavy atom. The van der Waals surface area contributed by atoms with E-state index in [2.05, 4.69) is 355 Å². The standard InChI is InChI=1S/C80H55N5O.Pt/c1-55-50-78(81-53-67(55)60-46-44-57(45-47-60)56-24-6-2-7-25-56)85-74-41-19-16-38-70(74)80(68-36-14-17-39-72(68)84(61-30-12-5-13-31-61)73-40-18-15-37-69(73)80)71-49-48-64(52-77(71)85)86-63-33-22-32-62(51-63)82-54-83(76-43-21-20-42-75(76)82)79-65(58-26-8-3-9-27-58)34-23-35-66(79)59-28-10-4-11-29-59;/h2-53H,1H3;. The Bertz CT molecular complexity index is 4900. The Morgan fingerprint density at radius 2 is 0.793 bits per heavy atom. The minimum Gasteiger partial charge on any atom is -0.0622 e. The third-order valence-corrected chi connectivity index (χ3v) is 18.4. The van der Waals surface area contributed by atoms with Crippen LogP contribution >= 0.6 is 0 Å². The van der Waals surface area contributed by atoms with Crippen molar-refractivity contribution in [2.45, 2.75) is 12.3 Å². The molecule has 0 radical (unpaired) electrons. The number of nitrogens with zero attached hydrogens (tertiary/aromatic N) is 5. The van der Waals surface area contributed by atoms with Crippen LogP contribution in [-0.4, -0.2) is 14.1 Å². The van der Waals surface area contributed by atoms with Crippen molar-refractivity contribution in [1.29, 1.82) is 0 Å². The molecule has 1 spiro atoms. The number of aromatic nitrogens is 3. The minimum absolute atomic E-state index is 0.701. The number of benzene rings is 12. The van der Waals surface area contributed by atoms with Crippen molar-refractivity contribution in [2.24, 2.45) is 0 Å². The van der Waals surface area contributed by atoms with Crippen LogP contribution in [0.2, 0.25) is 0 Å². The average Bonchev–Trinajstić information content (AvgIpc) is 1.18. The molecule has 0 unspecified atom stereocenters. The first kappa shape index (κ1) is 51.9. The summed E-state index contributed by atoms with van der Waals surface area (Å²) in [7, 11) is 0. The summed E-state index contributed by atoms with van der Waals surface area (Å²) in [5, 5.41) is 0. The third kappa shape index (κ3) is 8.58. The molecule has 2 aliphatic rings. The number of anilines is 6. The zero-order valence-corrected chi connectivity index (χ0v) is 49.8. The molecule has 2 aromatic heterocycles. The van der Waals surface area contributed by atoms with E-state index in [-0.39, 0.29) is 0 Å². The van der Waals surface area contributed by atoms with Crippen LogP contribution in [0.25, 0.3) is 66.9 Å². The summed E-state index contributed by atoms with van der Waals surface area (Å²) in [5.41, 5.74) is 23.8. The summed E-state index contributed by atoms with van der Waals surface area (Å²) < 4.78 is 13.0. The summed E-state index contributed by atoms with van der Waals surface area (Å²) in [6.07, 6.45) is 2.04. The number of aryl methyl sites for hydroxylation is 1. The number of fused-ring (bicyclic) bond motifs is 9. The number of para-hydroxylation sites is 7. The second-order valence-corrected chi connectivity index (χ2v) is 23.2. The number of rotatable bonds is 10. The first-order valence-corrected chi connectivity index (χ1v) is 30.6. The van der Waals surface area contributed by atoms with Crippen LogP contribution in [0.5, 0.6) is 11.5 Å². The summed E-state index contributed by atoms with van der Waals surface area (Å²) in [4.78, 5) is 10.2. The summed E-state index contributed by atoms with van der Waals surface area (Å²) in [5.74, 6) is 2.23. The van der Waals surface area contributed by atoms with E-state index < -0.39 is 5.41 Å². The maximum absolute atomic E-state index is 7.23. The van der Waals surface area contributed by atoms with E-state index in [1.54, 1.807) is 0 Å². The van der Waals surface area contributed by atoms with Crippen LogP contribution in [0.4, 0.5) is 34.3 Å². The fourth-order valence-electron chi connectivity index (χ4n) is 13.6. The molecular weight excluding hydrogens is 1240 g/mol. The SMILES string of the molecule is Cc1cc(N2c3ccccc3C3(c4ccccc4N(c4ccccc4)c4ccccc43)c3ccc(Oc4cccc(-n5[c](=[Pt])n(-c6c(-c7ccccc7)cccc6-c6ccccc6)c6ccccc65)c4)cc32)ncc1-c1ccc(-c2ccccc2)cc1. The molecule has 2 aliphatic heterocycles. The van der Waals surface area contributed by atoms with Gasteiger partial charge in [0, 0.05) is 17.4 Å². The first-order chi connectivity index (χ1) is 43.0. The molecule has 12 aromatic carbocycles. The van der Waals surface area contributed by atoms with Crippen LogP contribution < -0.4 is 14.5 Å². The minimum atomic E-state index is -0.754. The summed E-state index contributed by atoms with van der Waals surface area (Å²) in [6.45, 7) is 2.20. The Balaban J connectivity index is 0.860. The third-order valence-electron chi connectivity index (χ3n) is 17.3. The van der Waals surface area contributed by atoms with E-state index in [4.69, 9.17) is 9.72 Å². The quantitative estimate of drug-likeness (QED) is 0.137. The molecule has 7 heteroatoms. The Morgan fingerprint density at radius 1 is 0.345 bits per heavy atom. The predicted molar refractivity (Wildman–Crippen MR) is 351 cm³/mol. The fraction of sp³-hybridized carbons (Fsp3) is 0.0250. The smallest absolute Gasteiger partial charge is 0.0622 e. The molecular formula is C80H55N5OPt. The van der Waals surface area contributed by atoms with Gasteiger partial charge in [0.1, 0.15) is 0 Å².